The number of nitrogens with one attached hydrogen (secondary N) is 1. The van der Waals surface area contributed by atoms with E-state index in [1.54, 1.807) is 19.1 Å². The number of anilines is 1. The van der Waals surface area contributed by atoms with Gasteiger partial charge in [-0.15, -0.1) is 21.5 Å². The van der Waals surface area contributed by atoms with Gasteiger partial charge in [-0.3, -0.25) is 4.79 Å². The number of hydrogen-bond acceptors (Lipinski definition) is 6. The van der Waals surface area contributed by atoms with Crippen LogP contribution in [0, 0.1) is 6.92 Å². The third-order valence-corrected chi connectivity index (χ3v) is 5.27. The molecule has 3 rings (SSSR count). The van der Waals surface area contributed by atoms with Crippen molar-refractivity contribution in [3.8, 4) is 10.8 Å². The lowest BCUT2D eigenvalue weighted by molar-refractivity contribution is -0.115. The summed E-state index contributed by atoms with van der Waals surface area (Å²) in [6.45, 7) is 3.70. The predicted molar refractivity (Wildman–Crippen MR) is 97.7 cm³/mol. The van der Waals surface area contributed by atoms with Crippen LogP contribution >= 0.6 is 34.7 Å². The standard InChI is InChI=1S/C16H14ClN3O2S2/c1-9-5-6-11(17)8-12(9)18-14(21)10(2)24-16-20-19-15(22-16)13-4-3-7-23-13/h3-8,10H,1-2H3,(H,18,21)/t10-/m0/s1. The minimum atomic E-state index is -0.389. The lowest BCUT2D eigenvalue weighted by Crippen LogP contribution is -2.22. The summed E-state index contributed by atoms with van der Waals surface area (Å²) >= 11 is 8.71. The molecule has 1 atom stereocenters. The van der Waals surface area contributed by atoms with E-state index in [1.165, 1.54) is 23.1 Å². The van der Waals surface area contributed by atoms with E-state index in [4.69, 9.17) is 16.0 Å². The van der Waals surface area contributed by atoms with Crippen LogP contribution in [0.4, 0.5) is 5.69 Å². The van der Waals surface area contributed by atoms with Gasteiger partial charge >= 0.3 is 0 Å². The Kier molecular flexibility index (Phi) is 5.23. The molecule has 1 N–H and O–H groups in total. The highest BCUT2D eigenvalue weighted by molar-refractivity contribution is 8.00. The fraction of sp³-hybridized carbons (Fsp3) is 0.188. The molecule has 0 saturated heterocycles. The summed E-state index contributed by atoms with van der Waals surface area (Å²) in [5.74, 6) is 0.312. The summed E-state index contributed by atoms with van der Waals surface area (Å²) in [4.78, 5) is 13.3. The molecule has 0 aliphatic heterocycles. The minimum Gasteiger partial charge on any atom is -0.410 e. The van der Waals surface area contributed by atoms with E-state index in [-0.39, 0.29) is 11.2 Å². The number of thiophene rings is 1. The van der Waals surface area contributed by atoms with Gasteiger partial charge in [0.15, 0.2) is 0 Å². The van der Waals surface area contributed by atoms with Gasteiger partial charge < -0.3 is 9.73 Å². The zero-order valence-electron chi connectivity index (χ0n) is 12.9. The van der Waals surface area contributed by atoms with Crippen LogP contribution in [0.5, 0.6) is 0 Å². The Labute approximate surface area is 152 Å². The van der Waals surface area contributed by atoms with Crippen molar-refractivity contribution >= 4 is 46.3 Å². The van der Waals surface area contributed by atoms with E-state index in [0.29, 0.717) is 21.8 Å². The number of aryl methyl sites for hydroxylation is 1. The minimum absolute atomic E-state index is 0.152. The quantitative estimate of drug-likeness (QED) is 0.640. The Morgan fingerprint density at radius 1 is 1.38 bits per heavy atom. The largest absolute Gasteiger partial charge is 0.410 e. The van der Waals surface area contributed by atoms with Gasteiger partial charge in [-0.2, -0.15) is 0 Å². The second-order valence-corrected chi connectivity index (χ2v) is 7.74. The summed E-state index contributed by atoms with van der Waals surface area (Å²) in [6, 6.07) is 9.20. The lowest BCUT2D eigenvalue weighted by atomic mass is 10.2. The summed E-state index contributed by atoms with van der Waals surface area (Å²) < 4.78 is 5.59. The van der Waals surface area contributed by atoms with Crippen LogP contribution in [0.3, 0.4) is 0 Å². The van der Waals surface area contributed by atoms with Crippen molar-refractivity contribution in [1.82, 2.24) is 10.2 Å². The highest BCUT2D eigenvalue weighted by Gasteiger charge is 2.19. The number of benzene rings is 1. The van der Waals surface area contributed by atoms with Crippen molar-refractivity contribution in [2.45, 2.75) is 24.3 Å². The number of nitrogens with zero attached hydrogens (tertiary/aromatic N) is 2. The van der Waals surface area contributed by atoms with Crippen LogP contribution in [-0.4, -0.2) is 21.4 Å². The fourth-order valence-corrected chi connectivity index (χ4v) is 3.42. The molecule has 0 aliphatic carbocycles. The van der Waals surface area contributed by atoms with Crippen molar-refractivity contribution in [1.29, 1.82) is 0 Å². The molecular formula is C16H14ClN3O2S2. The fourth-order valence-electron chi connectivity index (χ4n) is 1.93. The molecule has 0 spiro atoms. The SMILES string of the molecule is Cc1ccc(Cl)cc1NC(=O)[C@H](C)Sc1nnc(-c2cccs2)o1. The van der Waals surface area contributed by atoms with Gasteiger partial charge in [-0.25, -0.2) is 0 Å². The Morgan fingerprint density at radius 3 is 2.96 bits per heavy atom. The summed E-state index contributed by atoms with van der Waals surface area (Å²) in [5, 5.41) is 13.4. The number of carbonyl (C=O) groups is 1. The lowest BCUT2D eigenvalue weighted by Gasteiger charge is -2.12. The maximum absolute atomic E-state index is 12.4. The van der Waals surface area contributed by atoms with E-state index >= 15 is 0 Å². The monoisotopic (exact) mass is 379 g/mol. The van der Waals surface area contributed by atoms with Gasteiger partial charge in [0, 0.05) is 10.7 Å². The zero-order valence-corrected chi connectivity index (χ0v) is 15.3. The van der Waals surface area contributed by atoms with Gasteiger partial charge in [-0.1, -0.05) is 35.5 Å². The van der Waals surface area contributed by atoms with Crippen LogP contribution in [0.2, 0.25) is 5.02 Å². The summed E-state index contributed by atoms with van der Waals surface area (Å²) in [5.41, 5.74) is 1.65. The van der Waals surface area contributed by atoms with Crippen molar-refractivity contribution in [3.05, 3.63) is 46.3 Å². The maximum atomic E-state index is 12.4. The topological polar surface area (TPSA) is 68.0 Å². The molecule has 1 amide bonds. The summed E-state index contributed by atoms with van der Waals surface area (Å²) in [6.07, 6.45) is 0. The molecular weight excluding hydrogens is 366 g/mol. The number of hydrogen-bond donors (Lipinski definition) is 1. The van der Waals surface area contributed by atoms with Crippen LogP contribution in [0.15, 0.2) is 45.4 Å². The third kappa shape index (κ3) is 3.98. The predicted octanol–water partition coefficient (Wildman–Crippen LogP) is 4.88. The van der Waals surface area contributed by atoms with Crippen molar-refractivity contribution in [2.75, 3.05) is 5.32 Å². The molecule has 3 aromatic rings. The first-order valence-corrected chi connectivity index (χ1v) is 9.27. The van der Waals surface area contributed by atoms with Gasteiger partial charge in [-0.05, 0) is 43.0 Å². The number of halogens is 1. The second-order valence-electron chi connectivity index (χ2n) is 5.06. The molecule has 124 valence electrons. The van der Waals surface area contributed by atoms with Crippen LogP contribution in [0.1, 0.15) is 12.5 Å². The molecule has 8 heteroatoms. The smallest absolute Gasteiger partial charge is 0.277 e. The number of aromatic nitrogens is 2. The van der Waals surface area contributed by atoms with E-state index in [9.17, 15) is 4.79 Å². The molecule has 2 aromatic heterocycles. The first-order chi connectivity index (χ1) is 11.5. The molecule has 2 heterocycles. The molecule has 0 bridgehead atoms. The van der Waals surface area contributed by atoms with E-state index in [1.807, 2.05) is 30.5 Å². The van der Waals surface area contributed by atoms with E-state index < -0.39 is 0 Å². The number of carbonyl (C=O) groups excluding carboxylic acids is 1. The molecule has 0 fully saturated rings. The number of amides is 1. The molecule has 0 unspecified atom stereocenters. The zero-order chi connectivity index (χ0) is 17.1. The Morgan fingerprint density at radius 2 is 2.21 bits per heavy atom. The highest BCUT2D eigenvalue weighted by Crippen LogP contribution is 2.29. The molecule has 0 aliphatic rings. The first kappa shape index (κ1) is 17.0. The normalized spacial score (nSPS) is 12.1. The van der Waals surface area contributed by atoms with Crippen LogP contribution in [-0.2, 0) is 4.79 Å². The first-order valence-electron chi connectivity index (χ1n) is 7.14. The molecule has 24 heavy (non-hydrogen) atoms. The highest BCUT2D eigenvalue weighted by atomic mass is 35.5. The Balaban J connectivity index is 1.65. The number of rotatable bonds is 5. The molecule has 0 radical (unpaired) electrons. The second kappa shape index (κ2) is 7.38. The van der Waals surface area contributed by atoms with E-state index in [0.717, 1.165) is 10.4 Å². The van der Waals surface area contributed by atoms with Crippen molar-refractivity contribution in [3.63, 3.8) is 0 Å². The van der Waals surface area contributed by atoms with Gasteiger partial charge in [0.25, 0.3) is 11.1 Å². The molecule has 1 aromatic carbocycles. The van der Waals surface area contributed by atoms with Crippen LogP contribution in [0.25, 0.3) is 10.8 Å². The van der Waals surface area contributed by atoms with Gasteiger partial charge in [0.1, 0.15) is 0 Å². The Bertz CT molecular complexity index is 849. The molecule has 5 nitrogen and oxygen atoms in total. The average Bonchev–Trinajstić information content (AvgIpc) is 3.21. The van der Waals surface area contributed by atoms with Crippen LogP contribution < -0.4 is 5.32 Å². The van der Waals surface area contributed by atoms with E-state index in [2.05, 4.69) is 15.5 Å². The number of thioether (sulfide) groups is 1. The molecule has 0 saturated carbocycles. The maximum Gasteiger partial charge on any atom is 0.277 e. The Hall–Kier alpha value is -1.83. The van der Waals surface area contributed by atoms with Crippen molar-refractivity contribution < 1.29 is 9.21 Å². The third-order valence-electron chi connectivity index (χ3n) is 3.24. The summed E-state index contributed by atoms with van der Waals surface area (Å²) in [7, 11) is 0. The van der Waals surface area contributed by atoms with Crippen molar-refractivity contribution in [2.24, 2.45) is 0 Å². The van der Waals surface area contributed by atoms with Gasteiger partial charge in [0.2, 0.25) is 5.91 Å². The van der Waals surface area contributed by atoms with Gasteiger partial charge in [0.05, 0.1) is 10.1 Å². The average molecular weight is 380 g/mol.